The predicted molar refractivity (Wildman–Crippen MR) is 67.8 cm³/mol. The Hall–Kier alpha value is -1.82. The quantitative estimate of drug-likeness (QED) is 0.478. The molecule has 6 heteroatoms. The highest BCUT2D eigenvalue weighted by molar-refractivity contribution is 8.00. The lowest BCUT2D eigenvalue weighted by atomic mass is 10.1. The van der Waals surface area contributed by atoms with Gasteiger partial charge in [-0.05, 0) is 36.4 Å². The maximum atomic E-state index is 13.0. The van der Waals surface area contributed by atoms with Gasteiger partial charge in [0.05, 0.1) is 5.75 Å². The summed E-state index contributed by atoms with van der Waals surface area (Å²) in [6.07, 6.45) is 0. The van der Waals surface area contributed by atoms with Gasteiger partial charge in [0.1, 0.15) is 0 Å². The first-order valence-electron chi connectivity index (χ1n) is 5.53. The molecule has 0 aromatic heterocycles. The molecule has 0 unspecified atom stereocenters. The molecule has 0 atom stereocenters. The van der Waals surface area contributed by atoms with Crippen LogP contribution in [0.5, 0.6) is 0 Å². The Bertz CT molecular complexity index is 658. The van der Waals surface area contributed by atoms with Gasteiger partial charge >= 0.3 is 0 Å². The minimum absolute atomic E-state index is 0.0268. The van der Waals surface area contributed by atoms with Gasteiger partial charge in [0, 0.05) is 10.5 Å². The molecule has 20 heavy (non-hydrogen) atoms. The van der Waals surface area contributed by atoms with Crippen molar-refractivity contribution in [2.75, 3.05) is 5.75 Å². The number of Topliss-reactive ketones (excluding diaryl/α,β-unsaturated/α-hetero) is 1. The van der Waals surface area contributed by atoms with E-state index in [4.69, 9.17) is 0 Å². The van der Waals surface area contributed by atoms with E-state index >= 15 is 0 Å². The molecule has 0 heterocycles. The van der Waals surface area contributed by atoms with Crippen molar-refractivity contribution < 1.29 is 22.4 Å². The predicted octanol–water partition coefficient (Wildman–Crippen LogP) is 4.22. The summed E-state index contributed by atoms with van der Waals surface area (Å²) in [4.78, 5) is 12.1. The second-order valence-corrected chi connectivity index (χ2v) is 4.97. The standard InChI is InChI=1S/C14H8F4OS/c15-10-3-1-8(5-12(10)17)14(19)7-20-9-2-4-11(16)13(18)6-9/h1-6H,7H2. The first-order chi connectivity index (χ1) is 9.47. The second-order valence-electron chi connectivity index (χ2n) is 3.92. The minimum Gasteiger partial charge on any atom is -0.293 e. The Labute approximate surface area is 116 Å². The maximum Gasteiger partial charge on any atom is 0.173 e. The zero-order valence-corrected chi connectivity index (χ0v) is 10.8. The monoisotopic (exact) mass is 300 g/mol. The molecule has 0 fully saturated rings. The fourth-order valence-electron chi connectivity index (χ4n) is 1.47. The summed E-state index contributed by atoms with van der Waals surface area (Å²) >= 11 is 0.984. The number of carbonyl (C=O) groups excluding carboxylic acids is 1. The number of halogens is 4. The fourth-order valence-corrected chi connectivity index (χ4v) is 2.28. The molecule has 0 aliphatic rings. The van der Waals surface area contributed by atoms with Gasteiger partial charge < -0.3 is 0 Å². The highest BCUT2D eigenvalue weighted by Crippen LogP contribution is 2.22. The van der Waals surface area contributed by atoms with Crippen LogP contribution in [-0.4, -0.2) is 11.5 Å². The van der Waals surface area contributed by atoms with Crippen molar-refractivity contribution in [3.05, 3.63) is 65.2 Å². The molecule has 0 aliphatic carbocycles. The van der Waals surface area contributed by atoms with Gasteiger partial charge in [-0.2, -0.15) is 0 Å². The molecule has 0 radical (unpaired) electrons. The number of carbonyl (C=O) groups is 1. The lowest BCUT2D eigenvalue weighted by molar-refractivity contribution is 0.102. The van der Waals surface area contributed by atoms with E-state index in [1.54, 1.807) is 0 Å². The Morgan fingerprint density at radius 3 is 2.05 bits per heavy atom. The lowest BCUT2D eigenvalue weighted by Crippen LogP contribution is -2.03. The van der Waals surface area contributed by atoms with Crippen LogP contribution in [0.25, 0.3) is 0 Å². The maximum absolute atomic E-state index is 13.0. The van der Waals surface area contributed by atoms with E-state index in [1.807, 2.05) is 0 Å². The van der Waals surface area contributed by atoms with Gasteiger partial charge in [-0.15, -0.1) is 11.8 Å². The van der Waals surface area contributed by atoms with E-state index < -0.39 is 29.1 Å². The highest BCUT2D eigenvalue weighted by atomic mass is 32.2. The molecule has 0 saturated carbocycles. The van der Waals surface area contributed by atoms with Crippen LogP contribution in [-0.2, 0) is 0 Å². The van der Waals surface area contributed by atoms with Gasteiger partial charge in [0.25, 0.3) is 0 Å². The average molecular weight is 300 g/mol. The van der Waals surface area contributed by atoms with Crippen LogP contribution in [0, 0.1) is 23.3 Å². The topological polar surface area (TPSA) is 17.1 Å². The van der Waals surface area contributed by atoms with Crippen molar-refractivity contribution in [3.63, 3.8) is 0 Å². The minimum atomic E-state index is -1.10. The molecule has 1 nitrogen and oxygen atoms in total. The van der Waals surface area contributed by atoms with E-state index in [0.717, 1.165) is 36.0 Å². The van der Waals surface area contributed by atoms with Crippen molar-refractivity contribution in [1.82, 2.24) is 0 Å². The SMILES string of the molecule is O=C(CSc1ccc(F)c(F)c1)c1ccc(F)c(F)c1. The van der Waals surface area contributed by atoms with Crippen molar-refractivity contribution in [2.45, 2.75) is 4.90 Å². The third-order valence-corrected chi connectivity index (χ3v) is 3.50. The number of rotatable bonds is 4. The number of hydrogen-bond acceptors (Lipinski definition) is 2. The van der Waals surface area contributed by atoms with Crippen LogP contribution < -0.4 is 0 Å². The molecular formula is C14H8F4OS. The van der Waals surface area contributed by atoms with Crippen LogP contribution >= 0.6 is 11.8 Å². The summed E-state index contributed by atoms with van der Waals surface area (Å²) in [6.45, 7) is 0. The molecule has 0 N–H and O–H groups in total. The largest absolute Gasteiger partial charge is 0.293 e. The molecule has 2 rings (SSSR count). The van der Waals surface area contributed by atoms with E-state index in [0.29, 0.717) is 4.90 Å². The number of hydrogen-bond donors (Lipinski definition) is 0. The molecule has 0 saturated heterocycles. The average Bonchev–Trinajstić information content (AvgIpc) is 2.43. The first-order valence-corrected chi connectivity index (χ1v) is 6.52. The lowest BCUT2D eigenvalue weighted by Gasteiger charge is -2.03. The molecule has 0 aliphatic heterocycles. The van der Waals surface area contributed by atoms with Crippen LogP contribution in [0.4, 0.5) is 17.6 Å². The van der Waals surface area contributed by atoms with E-state index in [1.165, 1.54) is 12.1 Å². The fraction of sp³-hybridized carbons (Fsp3) is 0.0714. The zero-order valence-electron chi connectivity index (χ0n) is 10.00. The van der Waals surface area contributed by atoms with Gasteiger partial charge in [-0.3, -0.25) is 4.79 Å². The second kappa shape index (κ2) is 6.09. The van der Waals surface area contributed by atoms with Crippen molar-refractivity contribution in [2.24, 2.45) is 0 Å². The molecule has 0 amide bonds. The Morgan fingerprint density at radius 1 is 0.850 bits per heavy atom. The normalized spacial score (nSPS) is 10.6. The Balaban J connectivity index is 2.04. The van der Waals surface area contributed by atoms with Gasteiger partial charge in [0.2, 0.25) is 0 Å². The summed E-state index contributed by atoms with van der Waals surface area (Å²) in [5.74, 6) is -4.63. The first kappa shape index (κ1) is 14.6. The molecular weight excluding hydrogens is 292 g/mol. The summed E-state index contributed by atoms with van der Waals surface area (Å²) in [7, 11) is 0. The smallest absolute Gasteiger partial charge is 0.173 e. The van der Waals surface area contributed by atoms with Crippen molar-refractivity contribution in [1.29, 1.82) is 0 Å². The van der Waals surface area contributed by atoms with Crippen LogP contribution in [0.2, 0.25) is 0 Å². The number of benzene rings is 2. The molecule has 104 valence electrons. The Kier molecular flexibility index (Phi) is 4.44. The third kappa shape index (κ3) is 3.39. The Morgan fingerprint density at radius 2 is 1.45 bits per heavy atom. The van der Waals surface area contributed by atoms with Crippen LogP contribution in [0.1, 0.15) is 10.4 Å². The van der Waals surface area contributed by atoms with E-state index in [2.05, 4.69) is 0 Å². The van der Waals surface area contributed by atoms with Crippen LogP contribution in [0.3, 0.4) is 0 Å². The van der Waals surface area contributed by atoms with E-state index in [-0.39, 0.29) is 11.3 Å². The highest BCUT2D eigenvalue weighted by Gasteiger charge is 2.11. The molecule has 0 spiro atoms. The third-order valence-electron chi connectivity index (χ3n) is 2.50. The van der Waals surface area contributed by atoms with Crippen LogP contribution in [0.15, 0.2) is 41.3 Å². The van der Waals surface area contributed by atoms with E-state index in [9.17, 15) is 22.4 Å². The van der Waals surface area contributed by atoms with Gasteiger partial charge in [0.15, 0.2) is 29.1 Å². The van der Waals surface area contributed by atoms with Crippen molar-refractivity contribution in [3.8, 4) is 0 Å². The molecule has 0 bridgehead atoms. The summed E-state index contributed by atoms with van der Waals surface area (Å²) in [5.41, 5.74) is 0.0268. The number of thioether (sulfide) groups is 1. The molecule has 2 aromatic rings. The summed E-state index contributed by atoms with van der Waals surface area (Å²) < 4.78 is 51.4. The summed E-state index contributed by atoms with van der Waals surface area (Å²) in [5, 5.41) is 0. The summed E-state index contributed by atoms with van der Waals surface area (Å²) in [6, 6.07) is 6.11. The van der Waals surface area contributed by atoms with Gasteiger partial charge in [-0.25, -0.2) is 17.6 Å². The van der Waals surface area contributed by atoms with Crippen molar-refractivity contribution >= 4 is 17.5 Å². The number of ketones is 1. The molecule has 2 aromatic carbocycles. The van der Waals surface area contributed by atoms with Gasteiger partial charge in [-0.1, -0.05) is 0 Å². The zero-order chi connectivity index (χ0) is 14.7.